The fraction of sp³-hybridized carbons (Fsp3) is 0.500. The highest BCUT2D eigenvalue weighted by molar-refractivity contribution is 7.91. The van der Waals surface area contributed by atoms with Crippen LogP contribution in [-0.4, -0.2) is 32.4 Å². The van der Waals surface area contributed by atoms with Gasteiger partial charge in [-0.2, -0.15) is 13.2 Å². The van der Waals surface area contributed by atoms with Gasteiger partial charge in [-0.3, -0.25) is 4.79 Å². The molecule has 0 saturated carbocycles. The minimum atomic E-state index is -4.36. The third kappa shape index (κ3) is 4.46. The first kappa shape index (κ1) is 16.8. The summed E-state index contributed by atoms with van der Waals surface area (Å²) in [7, 11) is -3.10. The van der Waals surface area contributed by atoms with E-state index in [1.54, 1.807) is 0 Å². The molecule has 1 heterocycles. The average Bonchev–Trinajstić information content (AvgIpc) is 2.79. The Balaban J connectivity index is 1.80. The Kier molecular flexibility index (Phi) is 4.79. The molecule has 0 aromatic heterocycles. The molecule has 8 heteroatoms. The zero-order chi connectivity index (χ0) is 16.4. The quantitative estimate of drug-likeness (QED) is 0.913. The third-order valence-corrected chi connectivity index (χ3v) is 5.37. The van der Waals surface area contributed by atoms with Crippen LogP contribution in [0, 0.1) is 5.92 Å². The maximum absolute atomic E-state index is 12.4. The molecular formula is C14H16F3NO3S. The van der Waals surface area contributed by atoms with Crippen molar-refractivity contribution in [1.82, 2.24) is 5.32 Å². The molecule has 0 unspecified atom stereocenters. The van der Waals surface area contributed by atoms with Crippen LogP contribution in [0.15, 0.2) is 24.3 Å². The number of alkyl halides is 3. The fourth-order valence-corrected chi connectivity index (χ4v) is 4.08. The molecule has 4 nitrogen and oxygen atoms in total. The highest BCUT2D eigenvalue weighted by Crippen LogP contribution is 2.29. The van der Waals surface area contributed by atoms with Gasteiger partial charge >= 0.3 is 6.18 Å². The fourth-order valence-electron chi connectivity index (χ4n) is 2.34. The van der Waals surface area contributed by atoms with Gasteiger partial charge in [-0.15, -0.1) is 0 Å². The molecule has 1 amide bonds. The predicted octanol–water partition coefficient (Wildman–Crippen LogP) is 1.80. The van der Waals surface area contributed by atoms with E-state index in [1.165, 1.54) is 12.1 Å². The van der Waals surface area contributed by atoms with Crippen molar-refractivity contribution in [3.05, 3.63) is 35.4 Å². The van der Waals surface area contributed by atoms with Crippen molar-refractivity contribution in [3.63, 3.8) is 0 Å². The number of benzene rings is 1. The molecular weight excluding hydrogens is 319 g/mol. The molecule has 2 rings (SSSR count). The van der Waals surface area contributed by atoms with Crippen molar-refractivity contribution in [3.8, 4) is 0 Å². The van der Waals surface area contributed by atoms with Crippen LogP contribution >= 0.6 is 0 Å². The van der Waals surface area contributed by atoms with Crippen LogP contribution in [0.4, 0.5) is 13.2 Å². The number of rotatable bonds is 4. The minimum Gasteiger partial charge on any atom is -0.356 e. The maximum atomic E-state index is 12.4. The van der Waals surface area contributed by atoms with E-state index in [9.17, 15) is 26.4 Å². The number of nitrogens with one attached hydrogen (secondary N) is 1. The zero-order valence-electron chi connectivity index (χ0n) is 11.7. The molecule has 122 valence electrons. The van der Waals surface area contributed by atoms with Crippen LogP contribution in [0.2, 0.25) is 0 Å². The first-order chi connectivity index (χ1) is 10.2. The Morgan fingerprint density at radius 3 is 2.36 bits per heavy atom. The molecule has 1 saturated heterocycles. The second-order valence-corrected chi connectivity index (χ2v) is 7.56. The van der Waals surface area contributed by atoms with Crippen molar-refractivity contribution in [2.75, 3.05) is 18.1 Å². The van der Waals surface area contributed by atoms with Crippen LogP contribution < -0.4 is 5.32 Å². The van der Waals surface area contributed by atoms with Gasteiger partial charge in [0.05, 0.1) is 23.0 Å². The van der Waals surface area contributed by atoms with E-state index in [0.717, 1.165) is 12.1 Å². The van der Waals surface area contributed by atoms with Crippen molar-refractivity contribution in [2.24, 2.45) is 5.92 Å². The summed E-state index contributed by atoms with van der Waals surface area (Å²) >= 11 is 0. The number of sulfone groups is 1. The van der Waals surface area contributed by atoms with E-state index in [2.05, 4.69) is 5.32 Å². The Morgan fingerprint density at radius 1 is 1.23 bits per heavy atom. The van der Waals surface area contributed by atoms with E-state index in [-0.39, 0.29) is 24.0 Å². The molecule has 22 heavy (non-hydrogen) atoms. The minimum absolute atomic E-state index is 0.0317. The molecule has 1 aliphatic rings. The smallest absolute Gasteiger partial charge is 0.356 e. The number of halogens is 3. The highest BCUT2D eigenvalue weighted by atomic mass is 32.2. The molecule has 0 spiro atoms. The number of amides is 1. The van der Waals surface area contributed by atoms with Gasteiger partial charge in [0.2, 0.25) is 5.91 Å². The molecule has 1 N–H and O–H groups in total. The van der Waals surface area contributed by atoms with Gasteiger partial charge in [-0.25, -0.2) is 8.42 Å². The van der Waals surface area contributed by atoms with Crippen LogP contribution in [0.1, 0.15) is 17.5 Å². The zero-order valence-corrected chi connectivity index (χ0v) is 12.5. The first-order valence-corrected chi connectivity index (χ1v) is 8.64. The lowest BCUT2D eigenvalue weighted by Gasteiger charge is -2.10. The van der Waals surface area contributed by atoms with Gasteiger partial charge in [-0.1, -0.05) is 12.1 Å². The normalized spacial score (nSPS) is 20.8. The van der Waals surface area contributed by atoms with Crippen LogP contribution in [0.3, 0.4) is 0 Å². The summed E-state index contributed by atoms with van der Waals surface area (Å²) in [5.41, 5.74) is -0.0382. The SMILES string of the molecule is O=C(NCCc1ccc(C(F)(F)F)cc1)[C@@H]1CCS(=O)(=O)C1. The summed E-state index contributed by atoms with van der Waals surface area (Å²) in [6.45, 7) is 0.265. The summed E-state index contributed by atoms with van der Waals surface area (Å²) in [5, 5.41) is 2.63. The van der Waals surface area contributed by atoms with Gasteiger partial charge in [-0.05, 0) is 30.5 Å². The highest BCUT2D eigenvalue weighted by Gasteiger charge is 2.32. The van der Waals surface area contributed by atoms with E-state index in [4.69, 9.17) is 0 Å². The molecule has 1 aromatic rings. The number of hydrogen-bond acceptors (Lipinski definition) is 3. The molecule has 1 fully saturated rings. The Hall–Kier alpha value is -1.57. The Morgan fingerprint density at radius 2 is 1.86 bits per heavy atom. The molecule has 0 radical (unpaired) electrons. The van der Waals surface area contributed by atoms with Crippen molar-refractivity contribution < 1.29 is 26.4 Å². The predicted molar refractivity (Wildman–Crippen MR) is 74.9 cm³/mol. The van der Waals surface area contributed by atoms with E-state index in [0.29, 0.717) is 18.4 Å². The van der Waals surface area contributed by atoms with Crippen molar-refractivity contribution in [2.45, 2.75) is 19.0 Å². The van der Waals surface area contributed by atoms with Crippen LogP contribution in [-0.2, 0) is 27.2 Å². The van der Waals surface area contributed by atoms with Crippen molar-refractivity contribution in [1.29, 1.82) is 0 Å². The molecule has 1 aromatic carbocycles. The van der Waals surface area contributed by atoms with Gasteiger partial charge in [0.25, 0.3) is 0 Å². The summed E-state index contributed by atoms with van der Waals surface area (Å²) in [6.07, 6.45) is -3.64. The standard InChI is InChI=1S/C14H16F3NO3S/c15-14(16,17)12-3-1-10(2-4-12)5-7-18-13(19)11-6-8-22(20,21)9-11/h1-4,11H,5-9H2,(H,18,19)/t11-/m1/s1. The van der Waals surface area contributed by atoms with Crippen LogP contribution in [0.25, 0.3) is 0 Å². The number of hydrogen-bond donors (Lipinski definition) is 1. The second kappa shape index (κ2) is 6.28. The number of carbonyl (C=O) groups excluding carboxylic acids is 1. The lowest BCUT2D eigenvalue weighted by molar-refractivity contribution is -0.137. The third-order valence-electron chi connectivity index (χ3n) is 3.60. The molecule has 0 bridgehead atoms. The summed E-state index contributed by atoms with van der Waals surface area (Å²) in [6, 6.07) is 4.74. The number of carbonyl (C=O) groups is 1. The van der Waals surface area contributed by atoms with Gasteiger partial charge in [0.1, 0.15) is 0 Å². The van der Waals surface area contributed by atoms with E-state index >= 15 is 0 Å². The van der Waals surface area contributed by atoms with Crippen molar-refractivity contribution >= 4 is 15.7 Å². The first-order valence-electron chi connectivity index (χ1n) is 6.82. The lowest BCUT2D eigenvalue weighted by Crippen LogP contribution is -2.32. The van der Waals surface area contributed by atoms with Gasteiger partial charge < -0.3 is 5.32 Å². The second-order valence-electron chi connectivity index (χ2n) is 5.34. The Bertz CT molecular complexity index is 638. The average molecular weight is 335 g/mol. The maximum Gasteiger partial charge on any atom is 0.416 e. The summed E-state index contributed by atoms with van der Waals surface area (Å²) in [4.78, 5) is 11.8. The Labute approximate surface area is 126 Å². The van der Waals surface area contributed by atoms with Gasteiger partial charge in [0, 0.05) is 6.54 Å². The van der Waals surface area contributed by atoms with E-state index < -0.39 is 27.5 Å². The van der Waals surface area contributed by atoms with E-state index in [1.807, 2.05) is 0 Å². The summed E-state index contributed by atoms with van der Waals surface area (Å²) < 4.78 is 59.8. The largest absolute Gasteiger partial charge is 0.416 e. The van der Waals surface area contributed by atoms with Crippen LogP contribution in [0.5, 0.6) is 0 Å². The van der Waals surface area contributed by atoms with Gasteiger partial charge in [0.15, 0.2) is 9.84 Å². The molecule has 1 atom stereocenters. The lowest BCUT2D eigenvalue weighted by atomic mass is 10.1. The molecule has 0 aliphatic carbocycles. The summed E-state index contributed by atoms with van der Waals surface area (Å²) in [5.74, 6) is -0.922. The molecule has 1 aliphatic heterocycles. The monoisotopic (exact) mass is 335 g/mol. The topological polar surface area (TPSA) is 63.2 Å².